The van der Waals surface area contributed by atoms with Gasteiger partial charge in [0.15, 0.2) is 16.8 Å². The van der Waals surface area contributed by atoms with E-state index in [0.29, 0.717) is 35.6 Å². The minimum atomic E-state index is -0.686. The molecule has 0 amide bonds. The standard InChI is InChI=1S/C21H21NO4/c1-2-11-22-13-16(23)14-25-19-10-6-9-17-18(24)12-20(26-21(17)19)15-7-4-3-5-8-15/h2-10,12,16,22-23H,1,11,13-14H2. The van der Waals surface area contributed by atoms with Crippen molar-refractivity contribution in [3.8, 4) is 17.1 Å². The molecule has 1 aromatic heterocycles. The van der Waals surface area contributed by atoms with Crippen LogP contribution < -0.4 is 15.5 Å². The van der Waals surface area contributed by atoms with Crippen LogP contribution in [-0.4, -0.2) is 30.9 Å². The molecule has 1 atom stereocenters. The van der Waals surface area contributed by atoms with E-state index in [9.17, 15) is 9.90 Å². The fraction of sp³-hybridized carbons (Fsp3) is 0.190. The smallest absolute Gasteiger partial charge is 0.193 e. The molecule has 0 fully saturated rings. The number of aliphatic hydroxyl groups is 1. The van der Waals surface area contributed by atoms with Crippen molar-refractivity contribution in [2.75, 3.05) is 19.7 Å². The molecule has 1 heterocycles. The molecule has 5 heteroatoms. The Morgan fingerprint density at radius 2 is 2.00 bits per heavy atom. The van der Waals surface area contributed by atoms with Gasteiger partial charge in [-0.2, -0.15) is 0 Å². The summed E-state index contributed by atoms with van der Waals surface area (Å²) in [7, 11) is 0. The van der Waals surface area contributed by atoms with Crippen LogP contribution >= 0.6 is 0 Å². The second-order valence-corrected chi connectivity index (χ2v) is 5.89. The van der Waals surface area contributed by atoms with Gasteiger partial charge in [-0.15, -0.1) is 6.58 Å². The zero-order valence-corrected chi connectivity index (χ0v) is 14.4. The average molecular weight is 351 g/mol. The number of rotatable bonds is 8. The van der Waals surface area contributed by atoms with Gasteiger partial charge in [-0.05, 0) is 12.1 Å². The van der Waals surface area contributed by atoms with E-state index in [2.05, 4.69) is 11.9 Å². The topological polar surface area (TPSA) is 71.7 Å². The van der Waals surface area contributed by atoms with Crippen LogP contribution in [0.15, 0.2) is 76.5 Å². The summed E-state index contributed by atoms with van der Waals surface area (Å²) in [6.07, 6.45) is 1.03. The molecule has 0 aliphatic carbocycles. The molecule has 3 rings (SSSR count). The number of aliphatic hydroxyl groups excluding tert-OH is 1. The van der Waals surface area contributed by atoms with E-state index in [0.717, 1.165) is 5.56 Å². The molecule has 0 saturated carbocycles. The Morgan fingerprint density at radius 3 is 2.77 bits per heavy atom. The van der Waals surface area contributed by atoms with Gasteiger partial charge in [0.1, 0.15) is 18.5 Å². The molecule has 0 radical (unpaired) electrons. The molecule has 0 spiro atoms. The molecule has 3 aromatic rings. The first-order valence-corrected chi connectivity index (χ1v) is 8.44. The van der Waals surface area contributed by atoms with Gasteiger partial charge >= 0.3 is 0 Å². The van der Waals surface area contributed by atoms with Gasteiger partial charge in [-0.25, -0.2) is 0 Å². The van der Waals surface area contributed by atoms with Crippen LogP contribution in [-0.2, 0) is 0 Å². The quantitative estimate of drug-likeness (QED) is 0.482. The Labute approximate surface area is 151 Å². The third kappa shape index (κ3) is 4.20. The third-order valence-corrected chi connectivity index (χ3v) is 3.88. The van der Waals surface area contributed by atoms with Crippen molar-refractivity contribution in [2.45, 2.75) is 6.10 Å². The Kier molecular flexibility index (Phi) is 5.84. The van der Waals surface area contributed by atoms with Crippen molar-refractivity contribution >= 4 is 11.0 Å². The Bertz CT molecular complexity index is 934. The van der Waals surface area contributed by atoms with Gasteiger partial charge in [0.05, 0.1) is 5.39 Å². The molecule has 0 saturated heterocycles. The predicted molar refractivity (Wildman–Crippen MR) is 102 cm³/mol. The van der Waals surface area contributed by atoms with Gasteiger partial charge in [0.25, 0.3) is 0 Å². The molecular formula is C21H21NO4. The first-order valence-electron chi connectivity index (χ1n) is 8.44. The largest absolute Gasteiger partial charge is 0.487 e. The summed E-state index contributed by atoms with van der Waals surface area (Å²) in [5.74, 6) is 0.910. The number of ether oxygens (including phenoxy) is 1. The normalized spacial score (nSPS) is 12.0. The van der Waals surface area contributed by atoms with Crippen molar-refractivity contribution in [1.29, 1.82) is 0 Å². The fourth-order valence-corrected chi connectivity index (χ4v) is 2.61. The maximum atomic E-state index is 12.5. The zero-order valence-electron chi connectivity index (χ0n) is 14.4. The Balaban J connectivity index is 1.87. The Morgan fingerprint density at radius 1 is 1.19 bits per heavy atom. The van der Waals surface area contributed by atoms with E-state index in [4.69, 9.17) is 9.15 Å². The molecule has 0 bridgehead atoms. The molecule has 5 nitrogen and oxygen atoms in total. The van der Waals surface area contributed by atoms with E-state index >= 15 is 0 Å². The van der Waals surface area contributed by atoms with Crippen LogP contribution in [0.3, 0.4) is 0 Å². The van der Waals surface area contributed by atoms with Gasteiger partial charge in [-0.3, -0.25) is 4.79 Å². The summed E-state index contributed by atoms with van der Waals surface area (Å²) in [6.45, 7) is 4.69. The third-order valence-electron chi connectivity index (χ3n) is 3.88. The minimum Gasteiger partial charge on any atom is -0.487 e. The van der Waals surface area contributed by atoms with Gasteiger partial charge < -0.3 is 19.6 Å². The van der Waals surface area contributed by atoms with Crippen molar-refractivity contribution < 1.29 is 14.3 Å². The predicted octanol–water partition coefficient (Wildman–Crippen LogP) is 2.98. The molecule has 2 N–H and O–H groups in total. The van der Waals surface area contributed by atoms with E-state index in [-0.39, 0.29) is 12.0 Å². The van der Waals surface area contributed by atoms with Crippen LogP contribution in [0.4, 0.5) is 0 Å². The van der Waals surface area contributed by atoms with Crippen LogP contribution in [0, 0.1) is 0 Å². The maximum absolute atomic E-state index is 12.5. The summed E-state index contributed by atoms with van der Waals surface area (Å²) in [5, 5.41) is 13.5. The lowest BCUT2D eigenvalue weighted by Gasteiger charge is -2.14. The fourth-order valence-electron chi connectivity index (χ4n) is 2.61. The number of hydrogen-bond donors (Lipinski definition) is 2. The highest BCUT2D eigenvalue weighted by atomic mass is 16.5. The van der Waals surface area contributed by atoms with E-state index in [1.165, 1.54) is 6.07 Å². The van der Waals surface area contributed by atoms with Crippen molar-refractivity contribution in [3.05, 3.63) is 77.5 Å². The molecule has 2 aromatic carbocycles. The molecule has 0 aliphatic heterocycles. The lowest BCUT2D eigenvalue weighted by atomic mass is 10.1. The average Bonchev–Trinajstić information content (AvgIpc) is 2.67. The van der Waals surface area contributed by atoms with Crippen LogP contribution in [0.5, 0.6) is 5.75 Å². The second kappa shape index (κ2) is 8.47. The number of nitrogens with one attached hydrogen (secondary N) is 1. The number of benzene rings is 2. The monoisotopic (exact) mass is 351 g/mol. The minimum absolute atomic E-state index is 0.0858. The molecule has 26 heavy (non-hydrogen) atoms. The van der Waals surface area contributed by atoms with Crippen LogP contribution in [0.25, 0.3) is 22.3 Å². The number of para-hydroxylation sites is 1. The number of fused-ring (bicyclic) bond motifs is 1. The highest BCUT2D eigenvalue weighted by Crippen LogP contribution is 2.28. The summed E-state index contributed by atoms with van der Waals surface area (Å²) < 4.78 is 11.7. The van der Waals surface area contributed by atoms with Crippen molar-refractivity contribution in [3.63, 3.8) is 0 Å². The number of hydrogen-bond acceptors (Lipinski definition) is 5. The first kappa shape index (κ1) is 17.9. The lowest BCUT2D eigenvalue weighted by molar-refractivity contribution is 0.107. The summed E-state index contributed by atoms with van der Waals surface area (Å²) in [6, 6.07) is 16.1. The van der Waals surface area contributed by atoms with E-state index < -0.39 is 6.10 Å². The molecular weight excluding hydrogens is 330 g/mol. The molecule has 1 unspecified atom stereocenters. The molecule has 134 valence electrons. The van der Waals surface area contributed by atoms with Gasteiger partial charge in [0, 0.05) is 24.7 Å². The second-order valence-electron chi connectivity index (χ2n) is 5.89. The SMILES string of the molecule is C=CCNCC(O)COc1cccc2c(=O)cc(-c3ccccc3)oc12. The zero-order chi connectivity index (χ0) is 18.4. The van der Waals surface area contributed by atoms with Crippen LogP contribution in [0.1, 0.15) is 0 Å². The van der Waals surface area contributed by atoms with E-state index in [1.807, 2.05) is 30.3 Å². The maximum Gasteiger partial charge on any atom is 0.193 e. The summed E-state index contributed by atoms with van der Waals surface area (Å²) in [4.78, 5) is 12.5. The van der Waals surface area contributed by atoms with E-state index in [1.54, 1.807) is 24.3 Å². The van der Waals surface area contributed by atoms with Crippen molar-refractivity contribution in [1.82, 2.24) is 5.32 Å². The lowest BCUT2D eigenvalue weighted by Crippen LogP contribution is -2.31. The van der Waals surface area contributed by atoms with Crippen molar-refractivity contribution in [2.24, 2.45) is 0 Å². The molecule has 0 aliphatic rings. The summed E-state index contributed by atoms with van der Waals surface area (Å²) in [5.41, 5.74) is 1.06. The van der Waals surface area contributed by atoms with Gasteiger partial charge in [0.2, 0.25) is 0 Å². The van der Waals surface area contributed by atoms with Crippen LogP contribution in [0.2, 0.25) is 0 Å². The highest BCUT2D eigenvalue weighted by Gasteiger charge is 2.12. The first-order chi connectivity index (χ1) is 12.7. The highest BCUT2D eigenvalue weighted by molar-refractivity contribution is 5.84. The van der Waals surface area contributed by atoms with Gasteiger partial charge in [-0.1, -0.05) is 42.5 Å². The summed E-state index contributed by atoms with van der Waals surface area (Å²) >= 11 is 0. The Hall–Kier alpha value is -2.89.